The number of aryl methyl sites for hydroxylation is 1. The second kappa shape index (κ2) is 12.2. The standard InChI is InChI=1S/C31H37N3O6S/c1-22-11-13-24(14-12-22)20-33(23(2)30(36)32-31(3,4)5)29(35)21-34(41(37,38)26-9-7-6-8-10-26)25-15-16-27-28(19-25)40-18-17-39-27/h6-16,19,23H,17-18,20-21H2,1-5H3,(H,32,36)/t23-/m1/s1. The molecule has 10 heteroatoms. The van der Waals surface area contributed by atoms with Gasteiger partial charge in [-0.05, 0) is 64.4 Å². The van der Waals surface area contributed by atoms with Crippen molar-refractivity contribution in [3.8, 4) is 11.5 Å². The number of benzene rings is 3. The third-order valence-electron chi connectivity index (χ3n) is 6.56. The summed E-state index contributed by atoms with van der Waals surface area (Å²) in [7, 11) is -4.17. The second-order valence-corrected chi connectivity index (χ2v) is 12.9. The Labute approximate surface area is 242 Å². The third-order valence-corrected chi connectivity index (χ3v) is 8.35. The van der Waals surface area contributed by atoms with E-state index < -0.39 is 34.1 Å². The molecule has 218 valence electrons. The van der Waals surface area contributed by atoms with Gasteiger partial charge in [-0.1, -0.05) is 48.0 Å². The SMILES string of the molecule is Cc1ccc(CN(C(=O)CN(c2ccc3c(c2)OCCO3)S(=O)(=O)c2ccccc2)[C@H](C)C(=O)NC(C)(C)C)cc1. The molecule has 0 aliphatic carbocycles. The molecule has 9 nitrogen and oxygen atoms in total. The molecule has 1 aliphatic rings. The lowest BCUT2D eigenvalue weighted by Gasteiger charge is -2.33. The minimum Gasteiger partial charge on any atom is -0.486 e. The van der Waals surface area contributed by atoms with E-state index in [9.17, 15) is 18.0 Å². The highest BCUT2D eigenvalue weighted by molar-refractivity contribution is 7.92. The van der Waals surface area contributed by atoms with E-state index in [1.165, 1.54) is 17.0 Å². The fourth-order valence-corrected chi connectivity index (χ4v) is 5.81. The van der Waals surface area contributed by atoms with E-state index in [1.807, 2.05) is 52.0 Å². The van der Waals surface area contributed by atoms with E-state index in [2.05, 4.69) is 5.32 Å². The highest BCUT2D eigenvalue weighted by atomic mass is 32.2. The fraction of sp³-hybridized carbons (Fsp3) is 0.355. The number of amides is 2. The van der Waals surface area contributed by atoms with Gasteiger partial charge in [0.25, 0.3) is 10.0 Å². The summed E-state index contributed by atoms with van der Waals surface area (Å²) in [6, 6.07) is 19.5. The van der Waals surface area contributed by atoms with Gasteiger partial charge >= 0.3 is 0 Å². The predicted molar refractivity (Wildman–Crippen MR) is 157 cm³/mol. The monoisotopic (exact) mass is 579 g/mol. The van der Waals surface area contributed by atoms with Crippen molar-refractivity contribution in [2.24, 2.45) is 0 Å². The molecule has 1 heterocycles. The van der Waals surface area contributed by atoms with Crippen LogP contribution in [0.1, 0.15) is 38.8 Å². The topological polar surface area (TPSA) is 105 Å². The Morgan fingerprint density at radius 2 is 1.56 bits per heavy atom. The van der Waals surface area contributed by atoms with Gasteiger partial charge in [0, 0.05) is 18.2 Å². The second-order valence-electron chi connectivity index (χ2n) is 11.1. The van der Waals surface area contributed by atoms with Crippen molar-refractivity contribution < 1.29 is 27.5 Å². The summed E-state index contributed by atoms with van der Waals surface area (Å²) in [4.78, 5) is 28.7. The molecule has 0 fully saturated rings. The molecule has 0 aromatic heterocycles. The lowest BCUT2D eigenvalue weighted by atomic mass is 10.1. The van der Waals surface area contributed by atoms with Crippen LogP contribution in [0, 0.1) is 6.92 Å². The van der Waals surface area contributed by atoms with Crippen molar-refractivity contribution in [2.45, 2.75) is 57.6 Å². The maximum absolute atomic E-state index is 14.1. The Morgan fingerprint density at radius 1 is 0.927 bits per heavy atom. The molecule has 0 saturated carbocycles. The Kier molecular flexibility index (Phi) is 8.92. The largest absolute Gasteiger partial charge is 0.486 e. The summed E-state index contributed by atoms with van der Waals surface area (Å²) in [6.07, 6.45) is 0. The van der Waals surface area contributed by atoms with Crippen LogP contribution >= 0.6 is 0 Å². The summed E-state index contributed by atoms with van der Waals surface area (Å²) < 4.78 is 40.3. The molecule has 41 heavy (non-hydrogen) atoms. The van der Waals surface area contributed by atoms with E-state index in [0.717, 1.165) is 15.4 Å². The Bertz CT molecular complexity index is 1480. The number of fused-ring (bicyclic) bond motifs is 1. The summed E-state index contributed by atoms with van der Waals surface area (Å²) in [5.74, 6) is 0.0204. The van der Waals surface area contributed by atoms with Gasteiger partial charge in [-0.2, -0.15) is 0 Å². The van der Waals surface area contributed by atoms with Crippen LogP contribution in [0.3, 0.4) is 0 Å². The van der Waals surface area contributed by atoms with Crippen LogP contribution in [0.15, 0.2) is 77.7 Å². The van der Waals surface area contributed by atoms with Gasteiger partial charge in [0.15, 0.2) is 11.5 Å². The molecule has 3 aromatic carbocycles. The minimum atomic E-state index is -4.17. The molecule has 1 N–H and O–H groups in total. The normalized spacial score (nSPS) is 13.7. The van der Waals surface area contributed by atoms with Gasteiger partial charge in [0.1, 0.15) is 25.8 Å². The van der Waals surface area contributed by atoms with Crippen molar-refractivity contribution in [3.05, 3.63) is 83.9 Å². The zero-order valence-electron chi connectivity index (χ0n) is 24.1. The van der Waals surface area contributed by atoms with Crippen molar-refractivity contribution >= 4 is 27.5 Å². The number of nitrogens with one attached hydrogen (secondary N) is 1. The first-order valence-corrected chi connectivity index (χ1v) is 14.9. The zero-order chi connectivity index (χ0) is 29.8. The highest BCUT2D eigenvalue weighted by Crippen LogP contribution is 2.36. The maximum atomic E-state index is 14.1. The lowest BCUT2D eigenvalue weighted by molar-refractivity contribution is -0.140. The van der Waals surface area contributed by atoms with Gasteiger partial charge in [-0.25, -0.2) is 8.42 Å². The molecule has 0 saturated heterocycles. The first-order valence-electron chi connectivity index (χ1n) is 13.5. The van der Waals surface area contributed by atoms with Crippen molar-refractivity contribution in [1.29, 1.82) is 0 Å². The first-order chi connectivity index (χ1) is 19.3. The van der Waals surface area contributed by atoms with Gasteiger partial charge in [0.2, 0.25) is 11.8 Å². The maximum Gasteiger partial charge on any atom is 0.264 e. The molecular weight excluding hydrogens is 542 g/mol. The van der Waals surface area contributed by atoms with Crippen molar-refractivity contribution in [3.63, 3.8) is 0 Å². The number of rotatable bonds is 9. The number of hydrogen-bond acceptors (Lipinski definition) is 6. The molecule has 3 aromatic rings. The molecular formula is C31H37N3O6S. The van der Waals surface area contributed by atoms with E-state index in [4.69, 9.17) is 9.47 Å². The van der Waals surface area contributed by atoms with Crippen LogP contribution < -0.4 is 19.1 Å². The summed E-state index contributed by atoms with van der Waals surface area (Å²) in [5.41, 5.74) is 1.60. The molecule has 0 bridgehead atoms. The molecule has 4 rings (SSSR count). The van der Waals surface area contributed by atoms with Crippen LogP contribution in [0.2, 0.25) is 0 Å². The fourth-order valence-electron chi connectivity index (χ4n) is 4.38. The van der Waals surface area contributed by atoms with Crippen LogP contribution in [0.25, 0.3) is 0 Å². The molecule has 2 amide bonds. The summed E-state index contributed by atoms with van der Waals surface area (Å²) in [5, 5.41) is 2.93. The van der Waals surface area contributed by atoms with Gasteiger partial charge in [-0.3, -0.25) is 13.9 Å². The average Bonchev–Trinajstić information content (AvgIpc) is 2.94. The number of sulfonamides is 1. The summed E-state index contributed by atoms with van der Waals surface area (Å²) in [6.45, 7) is 9.50. The van der Waals surface area contributed by atoms with Gasteiger partial charge in [0.05, 0.1) is 10.6 Å². The Balaban J connectivity index is 1.73. The number of nitrogens with zero attached hydrogens (tertiary/aromatic N) is 2. The van der Waals surface area contributed by atoms with Gasteiger partial charge in [-0.15, -0.1) is 0 Å². The molecule has 0 unspecified atom stereocenters. The highest BCUT2D eigenvalue weighted by Gasteiger charge is 2.34. The van der Waals surface area contributed by atoms with Crippen LogP contribution in [-0.2, 0) is 26.2 Å². The Morgan fingerprint density at radius 3 is 2.20 bits per heavy atom. The van der Waals surface area contributed by atoms with Crippen molar-refractivity contribution in [1.82, 2.24) is 10.2 Å². The number of carbonyl (C=O) groups is 2. The van der Waals surface area contributed by atoms with Crippen LogP contribution in [-0.4, -0.2) is 56.5 Å². The molecule has 1 aliphatic heterocycles. The predicted octanol–water partition coefficient (Wildman–Crippen LogP) is 4.29. The van der Waals surface area contributed by atoms with Crippen LogP contribution in [0.5, 0.6) is 11.5 Å². The minimum absolute atomic E-state index is 0.0336. The molecule has 0 spiro atoms. The smallest absolute Gasteiger partial charge is 0.264 e. The van der Waals surface area contributed by atoms with E-state index >= 15 is 0 Å². The number of hydrogen-bond donors (Lipinski definition) is 1. The zero-order valence-corrected chi connectivity index (χ0v) is 24.9. The lowest BCUT2D eigenvalue weighted by Crippen LogP contribution is -2.54. The molecule has 0 radical (unpaired) electrons. The quantitative estimate of drug-likeness (QED) is 0.406. The number of ether oxygens (including phenoxy) is 2. The average molecular weight is 580 g/mol. The van der Waals surface area contributed by atoms with Gasteiger partial charge < -0.3 is 19.7 Å². The van der Waals surface area contributed by atoms with Crippen LogP contribution in [0.4, 0.5) is 5.69 Å². The number of anilines is 1. The van der Waals surface area contributed by atoms with E-state index in [0.29, 0.717) is 24.7 Å². The number of carbonyl (C=O) groups excluding carboxylic acids is 2. The first kappa shape index (κ1) is 29.9. The molecule has 1 atom stereocenters. The van der Waals surface area contributed by atoms with E-state index in [1.54, 1.807) is 43.3 Å². The summed E-state index contributed by atoms with van der Waals surface area (Å²) >= 11 is 0. The Hall–Kier alpha value is -4.05. The third kappa shape index (κ3) is 7.38. The van der Waals surface area contributed by atoms with Crippen molar-refractivity contribution in [2.75, 3.05) is 24.1 Å². The van der Waals surface area contributed by atoms with E-state index in [-0.39, 0.29) is 23.0 Å².